The first-order chi connectivity index (χ1) is 12.5. The molecule has 0 aliphatic rings. The van der Waals surface area contributed by atoms with Crippen molar-refractivity contribution < 1.29 is 13.9 Å². The van der Waals surface area contributed by atoms with Crippen molar-refractivity contribution in [1.82, 2.24) is 14.8 Å². The minimum Gasteiger partial charge on any atom is -0.497 e. The second kappa shape index (κ2) is 7.78. The molecule has 2 aromatic heterocycles. The SMILES string of the molecule is COc1ccc(Cc2nnc(SCC(=O)c3cc(C)n(C)c3C)o2)cc1. The Labute approximate surface area is 156 Å². The highest BCUT2D eigenvalue weighted by Gasteiger charge is 2.16. The van der Waals surface area contributed by atoms with Crippen molar-refractivity contribution in [2.24, 2.45) is 7.05 Å². The number of rotatable bonds is 7. The van der Waals surface area contributed by atoms with Crippen LogP contribution >= 0.6 is 11.8 Å². The number of thioether (sulfide) groups is 1. The molecule has 0 radical (unpaired) electrons. The van der Waals surface area contributed by atoms with E-state index >= 15 is 0 Å². The molecule has 0 spiro atoms. The van der Waals surface area contributed by atoms with Gasteiger partial charge in [-0.05, 0) is 37.6 Å². The second-order valence-electron chi connectivity index (χ2n) is 6.04. The molecule has 136 valence electrons. The first kappa shape index (κ1) is 18.3. The molecule has 2 heterocycles. The number of benzene rings is 1. The van der Waals surface area contributed by atoms with Crippen LogP contribution in [0, 0.1) is 13.8 Å². The number of Topliss-reactive ketones (excluding diaryl/α,β-unsaturated/α-hetero) is 1. The average molecular weight is 371 g/mol. The molecule has 0 N–H and O–H groups in total. The number of aryl methyl sites for hydroxylation is 1. The van der Waals surface area contributed by atoms with Crippen LogP contribution < -0.4 is 4.74 Å². The van der Waals surface area contributed by atoms with Crippen molar-refractivity contribution >= 4 is 17.5 Å². The minimum atomic E-state index is 0.0612. The van der Waals surface area contributed by atoms with Gasteiger partial charge in [0.2, 0.25) is 5.89 Å². The molecule has 26 heavy (non-hydrogen) atoms. The third-order valence-electron chi connectivity index (χ3n) is 4.37. The third kappa shape index (κ3) is 3.99. The Morgan fingerprint density at radius 1 is 1.23 bits per heavy atom. The maximum Gasteiger partial charge on any atom is 0.277 e. The molecule has 1 aromatic carbocycles. The van der Waals surface area contributed by atoms with Gasteiger partial charge in [-0.25, -0.2) is 0 Å². The van der Waals surface area contributed by atoms with E-state index in [1.165, 1.54) is 11.8 Å². The number of hydrogen-bond acceptors (Lipinski definition) is 6. The van der Waals surface area contributed by atoms with Crippen molar-refractivity contribution in [1.29, 1.82) is 0 Å². The average Bonchev–Trinajstić information content (AvgIpc) is 3.20. The van der Waals surface area contributed by atoms with E-state index in [0.717, 1.165) is 28.3 Å². The molecule has 3 aromatic rings. The lowest BCUT2D eigenvalue weighted by atomic mass is 10.1. The van der Waals surface area contributed by atoms with Gasteiger partial charge in [-0.2, -0.15) is 0 Å². The van der Waals surface area contributed by atoms with Gasteiger partial charge in [0.05, 0.1) is 19.3 Å². The molecule has 0 fully saturated rings. The van der Waals surface area contributed by atoms with Gasteiger partial charge in [0.15, 0.2) is 5.78 Å². The van der Waals surface area contributed by atoms with Crippen LogP contribution in [0.3, 0.4) is 0 Å². The zero-order valence-electron chi connectivity index (χ0n) is 15.3. The van der Waals surface area contributed by atoms with Gasteiger partial charge in [0, 0.05) is 24.0 Å². The Hall–Kier alpha value is -2.54. The molecule has 0 aliphatic carbocycles. The molecular weight excluding hydrogens is 350 g/mol. The molecule has 7 heteroatoms. The summed E-state index contributed by atoms with van der Waals surface area (Å²) in [6.45, 7) is 3.94. The Balaban J connectivity index is 1.59. The zero-order chi connectivity index (χ0) is 18.7. The van der Waals surface area contributed by atoms with E-state index < -0.39 is 0 Å². The van der Waals surface area contributed by atoms with Crippen LogP contribution in [0.25, 0.3) is 0 Å². The van der Waals surface area contributed by atoms with Gasteiger partial charge < -0.3 is 13.7 Å². The summed E-state index contributed by atoms with van der Waals surface area (Å²) in [5, 5.41) is 8.49. The van der Waals surface area contributed by atoms with Gasteiger partial charge >= 0.3 is 0 Å². The molecule has 0 aliphatic heterocycles. The highest BCUT2D eigenvalue weighted by molar-refractivity contribution is 7.99. The maximum absolute atomic E-state index is 12.4. The quantitative estimate of drug-likeness (QED) is 0.467. The van der Waals surface area contributed by atoms with Crippen LogP contribution in [-0.4, -0.2) is 33.4 Å². The van der Waals surface area contributed by atoms with Crippen molar-refractivity contribution in [3.63, 3.8) is 0 Å². The first-order valence-corrected chi connectivity index (χ1v) is 9.20. The monoisotopic (exact) mass is 371 g/mol. The molecule has 3 rings (SSSR count). The molecule has 0 atom stereocenters. The van der Waals surface area contributed by atoms with Crippen molar-refractivity contribution in [3.05, 3.63) is 58.7 Å². The lowest BCUT2D eigenvalue weighted by molar-refractivity contribution is 0.102. The van der Waals surface area contributed by atoms with Crippen LogP contribution in [0.5, 0.6) is 5.75 Å². The summed E-state index contributed by atoms with van der Waals surface area (Å²) in [6.07, 6.45) is 0.544. The summed E-state index contributed by atoms with van der Waals surface area (Å²) in [7, 11) is 3.59. The molecule has 0 bridgehead atoms. The number of carbonyl (C=O) groups excluding carboxylic acids is 1. The molecule has 0 unspecified atom stereocenters. The lowest BCUT2D eigenvalue weighted by Gasteiger charge is -2.01. The smallest absolute Gasteiger partial charge is 0.277 e. The van der Waals surface area contributed by atoms with Gasteiger partial charge in [0.25, 0.3) is 5.22 Å². The second-order valence-corrected chi connectivity index (χ2v) is 6.97. The van der Waals surface area contributed by atoms with Crippen LogP contribution in [0.2, 0.25) is 0 Å². The summed E-state index contributed by atoms with van der Waals surface area (Å²) in [5.41, 5.74) is 3.84. The molecule has 0 saturated heterocycles. The number of ketones is 1. The fourth-order valence-corrected chi connectivity index (χ4v) is 3.29. The fraction of sp³-hybridized carbons (Fsp3) is 0.316. The third-order valence-corrected chi connectivity index (χ3v) is 5.18. The number of nitrogens with zero attached hydrogens (tertiary/aromatic N) is 3. The Bertz CT molecular complexity index is 913. The summed E-state index contributed by atoms with van der Waals surface area (Å²) in [5.74, 6) is 1.66. The van der Waals surface area contributed by atoms with Crippen molar-refractivity contribution in [2.45, 2.75) is 25.5 Å². The van der Waals surface area contributed by atoms with E-state index in [9.17, 15) is 4.79 Å². The summed E-state index contributed by atoms with van der Waals surface area (Å²) >= 11 is 1.27. The maximum atomic E-state index is 12.4. The summed E-state index contributed by atoms with van der Waals surface area (Å²) in [4.78, 5) is 12.4. The molecule has 6 nitrogen and oxygen atoms in total. The number of aromatic nitrogens is 3. The summed E-state index contributed by atoms with van der Waals surface area (Å²) < 4.78 is 12.8. The minimum absolute atomic E-state index is 0.0612. The van der Waals surface area contributed by atoms with E-state index in [1.54, 1.807) is 7.11 Å². The van der Waals surface area contributed by atoms with Gasteiger partial charge in [-0.3, -0.25) is 4.79 Å². The summed E-state index contributed by atoms with van der Waals surface area (Å²) in [6, 6.07) is 9.62. The predicted molar refractivity (Wildman–Crippen MR) is 100 cm³/mol. The van der Waals surface area contributed by atoms with Crippen LogP contribution in [0.15, 0.2) is 40.0 Å². The molecule has 0 saturated carbocycles. The van der Waals surface area contributed by atoms with Crippen molar-refractivity contribution in [2.75, 3.05) is 12.9 Å². The Morgan fingerprint density at radius 2 is 1.96 bits per heavy atom. The number of ether oxygens (including phenoxy) is 1. The van der Waals surface area contributed by atoms with Gasteiger partial charge in [-0.15, -0.1) is 10.2 Å². The van der Waals surface area contributed by atoms with E-state index in [0.29, 0.717) is 17.5 Å². The van der Waals surface area contributed by atoms with Crippen LogP contribution in [0.4, 0.5) is 0 Å². The standard InChI is InChI=1S/C19H21N3O3S/c1-12-9-16(13(2)22(12)3)17(23)11-26-19-21-20-18(25-19)10-14-5-7-15(24-4)8-6-14/h5-9H,10-11H2,1-4H3. The van der Waals surface area contributed by atoms with Crippen molar-refractivity contribution in [3.8, 4) is 5.75 Å². The van der Waals surface area contributed by atoms with E-state index in [2.05, 4.69) is 10.2 Å². The van der Waals surface area contributed by atoms with E-state index in [4.69, 9.17) is 9.15 Å². The van der Waals surface area contributed by atoms with Gasteiger partial charge in [0.1, 0.15) is 5.75 Å². The first-order valence-electron chi connectivity index (χ1n) is 8.22. The van der Waals surface area contributed by atoms with Gasteiger partial charge in [-0.1, -0.05) is 23.9 Å². The molecule has 0 amide bonds. The van der Waals surface area contributed by atoms with Crippen LogP contribution in [-0.2, 0) is 13.5 Å². The predicted octanol–water partition coefficient (Wildman–Crippen LogP) is 3.60. The number of hydrogen-bond donors (Lipinski definition) is 0. The largest absolute Gasteiger partial charge is 0.497 e. The van der Waals surface area contributed by atoms with Crippen LogP contribution in [0.1, 0.15) is 33.2 Å². The fourth-order valence-electron chi connectivity index (χ4n) is 2.63. The highest BCUT2D eigenvalue weighted by Crippen LogP contribution is 2.22. The lowest BCUT2D eigenvalue weighted by Crippen LogP contribution is -2.04. The van der Waals surface area contributed by atoms with E-state index in [-0.39, 0.29) is 11.5 Å². The molecular formula is C19H21N3O3S. The number of carbonyl (C=O) groups is 1. The van der Waals surface area contributed by atoms with E-state index in [1.807, 2.05) is 55.8 Å². The Kier molecular flexibility index (Phi) is 5.46. The highest BCUT2D eigenvalue weighted by atomic mass is 32.2. The zero-order valence-corrected chi connectivity index (χ0v) is 16.1. The normalized spacial score (nSPS) is 10.9. The topological polar surface area (TPSA) is 70.2 Å². The number of methoxy groups -OCH3 is 1. The Morgan fingerprint density at radius 3 is 2.58 bits per heavy atom.